The Bertz CT molecular complexity index is 760. The number of benzene rings is 2. The van der Waals surface area contributed by atoms with Gasteiger partial charge in [-0.2, -0.15) is 10.2 Å². The van der Waals surface area contributed by atoms with Crippen LogP contribution in [0.3, 0.4) is 0 Å². The van der Waals surface area contributed by atoms with E-state index in [1.165, 1.54) is 12.1 Å². The van der Waals surface area contributed by atoms with Crippen molar-refractivity contribution in [3.63, 3.8) is 0 Å². The lowest BCUT2D eigenvalue weighted by atomic mass is 10.1. The Kier molecular flexibility index (Phi) is 8.55. The Morgan fingerprint density at radius 2 is 1.57 bits per heavy atom. The minimum absolute atomic E-state index is 0.0285. The van der Waals surface area contributed by atoms with Crippen molar-refractivity contribution in [2.75, 3.05) is 18.1 Å². The van der Waals surface area contributed by atoms with E-state index in [2.05, 4.69) is 29.0 Å². The largest absolute Gasteiger partial charge is 0.394 e. The van der Waals surface area contributed by atoms with Crippen LogP contribution in [0.25, 0.3) is 0 Å². The van der Waals surface area contributed by atoms with Crippen molar-refractivity contribution < 1.29 is 10.0 Å². The number of azo groups is 1. The number of rotatable bonds is 11. The van der Waals surface area contributed by atoms with Gasteiger partial charge in [-0.25, -0.2) is 0 Å². The first kappa shape index (κ1) is 21.5. The second-order valence-corrected chi connectivity index (χ2v) is 6.66. The quantitative estimate of drug-likeness (QED) is 0.302. The molecule has 7 nitrogen and oxygen atoms in total. The number of nitrogens with zero attached hydrogens (tertiary/aromatic N) is 4. The predicted molar refractivity (Wildman–Crippen MR) is 112 cm³/mol. The van der Waals surface area contributed by atoms with E-state index in [4.69, 9.17) is 0 Å². The molecule has 0 aliphatic heterocycles. The molecule has 2 rings (SSSR count). The molecular weight excluding hydrogens is 356 g/mol. The fourth-order valence-corrected chi connectivity index (χ4v) is 3.02. The van der Waals surface area contributed by atoms with E-state index in [1.54, 1.807) is 12.1 Å². The molecule has 28 heavy (non-hydrogen) atoms. The summed E-state index contributed by atoms with van der Waals surface area (Å²) in [4.78, 5) is 12.5. The van der Waals surface area contributed by atoms with Gasteiger partial charge in [-0.15, -0.1) is 0 Å². The van der Waals surface area contributed by atoms with E-state index in [0.29, 0.717) is 11.4 Å². The highest BCUT2D eigenvalue weighted by atomic mass is 16.6. The molecule has 0 heterocycles. The van der Waals surface area contributed by atoms with E-state index in [0.717, 1.165) is 37.9 Å². The molecule has 0 saturated heterocycles. The average Bonchev–Trinajstić information content (AvgIpc) is 2.72. The van der Waals surface area contributed by atoms with Crippen molar-refractivity contribution in [3.8, 4) is 0 Å². The van der Waals surface area contributed by atoms with Gasteiger partial charge < -0.3 is 10.0 Å². The average molecular weight is 384 g/mol. The fourth-order valence-electron chi connectivity index (χ4n) is 3.02. The second-order valence-electron chi connectivity index (χ2n) is 6.66. The lowest BCUT2D eigenvalue weighted by Gasteiger charge is -2.32. The van der Waals surface area contributed by atoms with Crippen LogP contribution >= 0.6 is 0 Å². The van der Waals surface area contributed by atoms with E-state index >= 15 is 0 Å². The van der Waals surface area contributed by atoms with Crippen LogP contribution in [-0.4, -0.2) is 29.2 Å². The molecule has 0 aromatic heterocycles. The fraction of sp³-hybridized carbons (Fsp3) is 0.429. The van der Waals surface area contributed by atoms with Gasteiger partial charge in [0.2, 0.25) is 0 Å². The number of hydrogen-bond acceptors (Lipinski definition) is 6. The molecule has 2 aromatic carbocycles. The molecule has 7 heteroatoms. The molecular formula is C21H28N4O3. The second kappa shape index (κ2) is 11.1. The maximum atomic E-state index is 10.7. The van der Waals surface area contributed by atoms with E-state index < -0.39 is 4.92 Å². The maximum absolute atomic E-state index is 10.7. The Hall–Kier alpha value is -2.80. The van der Waals surface area contributed by atoms with E-state index in [1.807, 2.05) is 24.3 Å². The summed E-state index contributed by atoms with van der Waals surface area (Å²) in [7, 11) is 0. The first-order valence-electron chi connectivity index (χ1n) is 9.72. The van der Waals surface area contributed by atoms with Crippen molar-refractivity contribution in [1.29, 1.82) is 0 Å². The Balaban J connectivity index is 2.10. The summed E-state index contributed by atoms with van der Waals surface area (Å²) in [6, 6.07) is 13.8. The van der Waals surface area contributed by atoms with Crippen LogP contribution < -0.4 is 4.90 Å². The van der Waals surface area contributed by atoms with Crippen molar-refractivity contribution in [1.82, 2.24) is 0 Å². The van der Waals surface area contributed by atoms with Gasteiger partial charge in [-0.1, -0.05) is 26.7 Å². The van der Waals surface area contributed by atoms with Gasteiger partial charge in [0, 0.05) is 24.4 Å². The van der Waals surface area contributed by atoms with Crippen LogP contribution in [0.4, 0.5) is 22.7 Å². The number of non-ortho nitro benzene ring substituents is 1. The topological polar surface area (TPSA) is 91.3 Å². The van der Waals surface area contributed by atoms with Gasteiger partial charge in [-0.05, 0) is 49.2 Å². The number of aliphatic hydroxyl groups is 1. The zero-order valence-electron chi connectivity index (χ0n) is 16.5. The monoisotopic (exact) mass is 384 g/mol. The van der Waals surface area contributed by atoms with Gasteiger partial charge in [0.05, 0.1) is 28.9 Å². The molecule has 1 N–H and O–H groups in total. The maximum Gasteiger partial charge on any atom is 0.269 e. The van der Waals surface area contributed by atoms with Gasteiger partial charge in [0.1, 0.15) is 0 Å². The molecule has 0 amide bonds. The zero-order valence-corrected chi connectivity index (χ0v) is 16.5. The number of nitro groups is 1. The zero-order chi connectivity index (χ0) is 20.4. The van der Waals surface area contributed by atoms with E-state index in [9.17, 15) is 15.2 Å². The van der Waals surface area contributed by atoms with Crippen LogP contribution in [0, 0.1) is 10.1 Å². The van der Waals surface area contributed by atoms with Gasteiger partial charge in [0.15, 0.2) is 0 Å². The standard InChI is InChI=1S/C21H28N4O3/c1-3-5-6-21(16-26)24(15-4-2)19-11-7-17(8-12-19)22-23-18-9-13-20(14-10-18)25(27)28/h7-14,21,26H,3-6,15-16H2,1-2H3. The van der Waals surface area contributed by atoms with E-state index in [-0.39, 0.29) is 18.3 Å². The summed E-state index contributed by atoms with van der Waals surface area (Å²) in [6.07, 6.45) is 4.17. The molecule has 0 aliphatic rings. The summed E-state index contributed by atoms with van der Waals surface area (Å²) >= 11 is 0. The highest BCUT2D eigenvalue weighted by Crippen LogP contribution is 2.25. The highest BCUT2D eigenvalue weighted by molar-refractivity contribution is 5.54. The summed E-state index contributed by atoms with van der Waals surface area (Å²) in [6.45, 7) is 5.32. The van der Waals surface area contributed by atoms with Crippen molar-refractivity contribution >= 4 is 22.7 Å². The third kappa shape index (κ3) is 6.13. The van der Waals surface area contributed by atoms with Gasteiger partial charge >= 0.3 is 0 Å². The SMILES string of the molecule is CCCCC(CO)N(CCC)c1ccc(N=Nc2ccc([N+](=O)[O-])cc2)cc1. The summed E-state index contributed by atoms with van der Waals surface area (Å²) in [5, 5.41) is 28.8. The Labute approximate surface area is 165 Å². The normalized spacial score (nSPS) is 12.2. The smallest absolute Gasteiger partial charge is 0.269 e. The summed E-state index contributed by atoms with van der Waals surface area (Å²) < 4.78 is 0. The highest BCUT2D eigenvalue weighted by Gasteiger charge is 2.17. The number of unbranched alkanes of at least 4 members (excludes halogenated alkanes) is 1. The molecule has 0 bridgehead atoms. The van der Waals surface area contributed by atoms with Gasteiger partial charge in [0.25, 0.3) is 5.69 Å². The van der Waals surface area contributed by atoms with Crippen molar-refractivity contribution in [2.24, 2.45) is 10.2 Å². The van der Waals surface area contributed by atoms with Crippen LogP contribution in [0.15, 0.2) is 58.8 Å². The van der Waals surface area contributed by atoms with Crippen LogP contribution in [0.5, 0.6) is 0 Å². The first-order chi connectivity index (χ1) is 13.6. The molecule has 0 saturated carbocycles. The predicted octanol–water partition coefficient (Wildman–Crippen LogP) is 5.78. The Morgan fingerprint density at radius 1 is 1.00 bits per heavy atom. The van der Waals surface area contributed by atoms with Crippen LogP contribution in [0.2, 0.25) is 0 Å². The lowest BCUT2D eigenvalue weighted by Crippen LogP contribution is -2.38. The number of anilines is 1. The first-order valence-corrected chi connectivity index (χ1v) is 9.72. The van der Waals surface area contributed by atoms with Crippen molar-refractivity contribution in [2.45, 2.75) is 45.6 Å². The molecule has 0 fully saturated rings. The molecule has 1 unspecified atom stereocenters. The molecule has 0 radical (unpaired) electrons. The van der Waals surface area contributed by atoms with Crippen LogP contribution in [-0.2, 0) is 0 Å². The number of nitro benzene ring substituents is 1. The summed E-state index contributed by atoms with van der Waals surface area (Å²) in [5.74, 6) is 0. The number of aliphatic hydroxyl groups excluding tert-OH is 1. The van der Waals surface area contributed by atoms with Gasteiger partial charge in [-0.3, -0.25) is 10.1 Å². The molecule has 1 atom stereocenters. The third-order valence-electron chi connectivity index (χ3n) is 4.53. The van der Waals surface area contributed by atoms with Crippen molar-refractivity contribution in [3.05, 3.63) is 58.6 Å². The Morgan fingerprint density at radius 3 is 2.04 bits per heavy atom. The third-order valence-corrected chi connectivity index (χ3v) is 4.53. The lowest BCUT2D eigenvalue weighted by molar-refractivity contribution is -0.384. The van der Waals surface area contributed by atoms with Crippen LogP contribution in [0.1, 0.15) is 39.5 Å². The number of hydrogen-bond donors (Lipinski definition) is 1. The molecule has 0 aliphatic carbocycles. The minimum Gasteiger partial charge on any atom is -0.394 e. The molecule has 0 spiro atoms. The minimum atomic E-state index is -0.443. The molecule has 150 valence electrons. The summed E-state index contributed by atoms with van der Waals surface area (Å²) in [5.41, 5.74) is 2.35. The molecule has 2 aromatic rings.